The van der Waals surface area contributed by atoms with E-state index < -0.39 is 4.92 Å². The molecule has 7 nitrogen and oxygen atoms in total. The summed E-state index contributed by atoms with van der Waals surface area (Å²) in [6, 6.07) is 12.0. The first kappa shape index (κ1) is 19.7. The highest BCUT2D eigenvalue weighted by Crippen LogP contribution is 2.37. The third-order valence-corrected chi connectivity index (χ3v) is 5.19. The maximum absolute atomic E-state index is 13.3. The van der Waals surface area contributed by atoms with E-state index in [1.54, 1.807) is 18.1 Å². The first-order valence-corrected chi connectivity index (χ1v) is 9.21. The third kappa shape index (κ3) is 4.24. The van der Waals surface area contributed by atoms with Gasteiger partial charge in [0.25, 0.3) is 5.91 Å². The van der Waals surface area contributed by atoms with E-state index in [2.05, 4.69) is 0 Å². The number of benzene rings is 2. The molecule has 0 aliphatic heterocycles. The van der Waals surface area contributed by atoms with Gasteiger partial charge in [-0.25, -0.2) is 0 Å². The minimum Gasteiger partial charge on any atom is -0.497 e. The van der Waals surface area contributed by atoms with Crippen molar-refractivity contribution in [3.05, 3.63) is 63.7 Å². The van der Waals surface area contributed by atoms with E-state index in [4.69, 9.17) is 9.47 Å². The number of hydrogen-bond acceptors (Lipinski definition) is 5. The highest BCUT2D eigenvalue weighted by atomic mass is 16.6. The van der Waals surface area contributed by atoms with Gasteiger partial charge in [-0.1, -0.05) is 12.1 Å². The molecule has 0 radical (unpaired) electrons. The van der Waals surface area contributed by atoms with Crippen LogP contribution in [0.2, 0.25) is 0 Å². The first-order valence-electron chi connectivity index (χ1n) is 9.21. The van der Waals surface area contributed by atoms with E-state index in [0.717, 1.165) is 24.2 Å². The Bertz CT molecular complexity index is 862. The molecule has 1 fully saturated rings. The van der Waals surface area contributed by atoms with Crippen LogP contribution in [0.1, 0.15) is 35.7 Å². The monoisotopic (exact) mass is 384 g/mol. The third-order valence-electron chi connectivity index (χ3n) is 5.19. The molecule has 1 amide bonds. The number of rotatable bonds is 8. The molecule has 1 aliphatic rings. The van der Waals surface area contributed by atoms with Crippen molar-refractivity contribution in [3.8, 4) is 11.5 Å². The molecule has 0 bridgehead atoms. The van der Waals surface area contributed by atoms with Gasteiger partial charge in [0.2, 0.25) is 0 Å². The number of carbonyl (C=O) groups is 1. The lowest BCUT2D eigenvalue weighted by Crippen LogP contribution is -2.39. The summed E-state index contributed by atoms with van der Waals surface area (Å²) in [7, 11) is 2.98. The lowest BCUT2D eigenvalue weighted by atomic mass is 10.1. The van der Waals surface area contributed by atoms with Crippen molar-refractivity contribution in [3.63, 3.8) is 0 Å². The second-order valence-corrected chi connectivity index (χ2v) is 7.00. The number of amides is 1. The largest absolute Gasteiger partial charge is 0.497 e. The van der Waals surface area contributed by atoms with Crippen molar-refractivity contribution in [1.82, 2.24) is 4.90 Å². The number of nitro benzene ring substituents is 1. The van der Waals surface area contributed by atoms with Gasteiger partial charge >= 0.3 is 5.69 Å². The van der Waals surface area contributed by atoms with Gasteiger partial charge in [0.1, 0.15) is 5.75 Å². The van der Waals surface area contributed by atoms with E-state index in [1.165, 1.54) is 19.2 Å². The average molecular weight is 384 g/mol. The molecule has 148 valence electrons. The fraction of sp³-hybridized carbons (Fsp3) is 0.381. The molecule has 0 spiro atoms. The van der Waals surface area contributed by atoms with Crippen LogP contribution in [0.4, 0.5) is 5.69 Å². The number of nitrogens with zero attached hydrogens (tertiary/aromatic N) is 2. The van der Waals surface area contributed by atoms with E-state index in [9.17, 15) is 14.9 Å². The van der Waals surface area contributed by atoms with Crippen LogP contribution >= 0.6 is 0 Å². The Labute approximate surface area is 164 Å². The van der Waals surface area contributed by atoms with Crippen molar-refractivity contribution in [2.45, 2.75) is 32.4 Å². The van der Waals surface area contributed by atoms with Crippen LogP contribution in [0.15, 0.2) is 42.5 Å². The summed E-state index contributed by atoms with van der Waals surface area (Å²) in [5.41, 5.74) is 1.05. The smallest absolute Gasteiger partial charge is 0.311 e. The van der Waals surface area contributed by atoms with Gasteiger partial charge in [0.05, 0.1) is 19.1 Å². The SMILES string of the molecule is COc1ccc(CN(C(=O)c2ccc(OC)c([N+](=O)[O-])c2)[C@@H](C)C2CC2)cc1. The summed E-state index contributed by atoms with van der Waals surface area (Å²) in [6.07, 6.45) is 2.19. The molecule has 3 rings (SSSR count). The predicted molar refractivity (Wildman–Crippen MR) is 105 cm³/mol. The summed E-state index contributed by atoms with van der Waals surface area (Å²) in [5.74, 6) is 1.14. The molecule has 1 saturated carbocycles. The van der Waals surface area contributed by atoms with Gasteiger partial charge in [-0.15, -0.1) is 0 Å². The van der Waals surface area contributed by atoms with Crippen LogP contribution < -0.4 is 9.47 Å². The van der Waals surface area contributed by atoms with Crippen molar-refractivity contribution < 1.29 is 19.2 Å². The standard InChI is InChI=1S/C21H24N2O5/c1-14(16-6-7-16)22(13-15-4-9-18(27-2)10-5-15)21(24)17-8-11-20(28-3)19(12-17)23(25)26/h4-5,8-12,14,16H,6-7,13H2,1-3H3/t14-/m0/s1. The zero-order valence-corrected chi connectivity index (χ0v) is 16.3. The Balaban J connectivity index is 1.90. The van der Waals surface area contributed by atoms with Crippen molar-refractivity contribution in [2.75, 3.05) is 14.2 Å². The number of methoxy groups -OCH3 is 2. The Kier molecular flexibility index (Phi) is 5.82. The summed E-state index contributed by atoms with van der Waals surface area (Å²) < 4.78 is 10.2. The summed E-state index contributed by atoms with van der Waals surface area (Å²) >= 11 is 0. The minimum absolute atomic E-state index is 0.0516. The van der Waals surface area contributed by atoms with E-state index in [-0.39, 0.29) is 28.9 Å². The summed E-state index contributed by atoms with van der Waals surface area (Å²) in [6.45, 7) is 2.47. The van der Waals surface area contributed by atoms with Gasteiger partial charge in [-0.2, -0.15) is 0 Å². The van der Waals surface area contributed by atoms with Gasteiger partial charge in [-0.3, -0.25) is 14.9 Å². The molecule has 0 N–H and O–H groups in total. The van der Waals surface area contributed by atoms with Gasteiger partial charge in [-0.05, 0) is 55.5 Å². The Morgan fingerprint density at radius 3 is 2.39 bits per heavy atom. The van der Waals surface area contributed by atoms with Gasteiger partial charge < -0.3 is 14.4 Å². The van der Waals surface area contributed by atoms with Gasteiger partial charge in [0, 0.05) is 24.2 Å². The normalized spacial score (nSPS) is 14.2. The molecular weight excluding hydrogens is 360 g/mol. The van der Waals surface area contributed by atoms with Crippen LogP contribution in [0.25, 0.3) is 0 Å². The molecule has 0 aromatic heterocycles. The Morgan fingerprint density at radius 1 is 1.18 bits per heavy atom. The number of hydrogen-bond donors (Lipinski definition) is 0. The second-order valence-electron chi connectivity index (χ2n) is 7.00. The fourth-order valence-corrected chi connectivity index (χ4v) is 3.29. The number of nitro groups is 1. The van der Waals surface area contributed by atoms with E-state index in [1.807, 2.05) is 31.2 Å². The van der Waals surface area contributed by atoms with Crippen LogP contribution in [0.3, 0.4) is 0 Å². The maximum atomic E-state index is 13.3. The predicted octanol–water partition coefficient (Wildman–Crippen LogP) is 4.05. The fourth-order valence-electron chi connectivity index (χ4n) is 3.29. The lowest BCUT2D eigenvalue weighted by Gasteiger charge is -2.30. The zero-order valence-electron chi connectivity index (χ0n) is 16.3. The van der Waals surface area contributed by atoms with Crippen molar-refractivity contribution >= 4 is 11.6 Å². The summed E-state index contributed by atoms with van der Waals surface area (Å²) in [4.78, 5) is 25.8. The molecule has 28 heavy (non-hydrogen) atoms. The molecule has 2 aromatic rings. The molecule has 0 unspecified atom stereocenters. The number of carbonyl (C=O) groups excluding carboxylic acids is 1. The Hall–Kier alpha value is -3.09. The van der Waals surface area contributed by atoms with Crippen LogP contribution in [-0.4, -0.2) is 36.0 Å². The lowest BCUT2D eigenvalue weighted by molar-refractivity contribution is -0.385. The molecular formula is C21H24N2O5. The van der Waals surface area contributed by atoms with Crippen LogP contribution in [0.5, 0.6) is 11.5 Å². The van der Waals surface area contributed by atoms with Crippen LogP contribution in [-0.2, 0) is 6.54 Å². The molecule has 7 heteroatoms. The molecule has 2 aromatic carbocycles. The van der Waals surface area contributed by atoms with E-state index in [0.29, 0.717) is 12.5 Å². The van der Waals surface area contributed by atoms with Gasteiger partial charge in [0.15, 0.2) is 5.75 Å². The second kappa shape index (κ2) is 8.29. The minimum atomic E-state index is -0.534. The van der Waals surface area contributed by atoms with E-state index >= 15 is 0 Å². The molecule has 0 saturated heterocycles. The highest BCUT2D eigenvalue weighted by molar-refractivity contribution is 5.95. The van der Waals surface area contributed by atoms with Crippen LogP contribution in [0, 0.1) is 16.0 Å². The molecule has 1 atom stereocenters. The number of ether oxygens (including phenoxy) is 2. The summed E-state index contributed by atoms with van der Waals surface area (Å²) in [5, 5.41) is 11.3. The average Bonchev–Trinajstić information content (AvgIpc) is 3.56. The molecule has 1 aliphatic carbocycles. The molecule has 0 heterocycles. The first-order chi connectivity index (χ1) is 13.4. The maximum Gasteiger partial charge on any atom is 0.311 e. The van der Waals surface area contributed by atoms with Crippen molar-refractivity contribution in [1.29, 1.82) is 0 Å². The van der Waals surface area contributed by atoms with Crippen molar-refractivity contribution in [2.24, 2.45) is 5.92 Å². The quantitative estimate of drug-likeness (QED) is 0.506. The Morgan fingerprint density at radius 2 is 1.86 bits per heavy atom. The highest BCUT2D eigenvalue weighted by Gasteiger charge is 2.35. The topological polar surface area (TPSA) is 81.9 Å². The zero-order chi connectivity index (χ0) is 20.3.